The van der Waals surface area contributed by atoms with Gasteiger partial charge >= 0.3 is 11.9 Å². The molecule has 1 N–H and O–H groups in total. The molecule has 0 heterocycles. The van der Waals surface area contributed by atoms with Gasteiger partial charge in [0.25, 0.3) is 0 Å². The first-order valence-electron chi connectivity index (χ1n) is 5.74. The summed E-state index contributed by atoms with van der Waals surface area (Å²) in [5.41, 5.74) is 0.176. The molecule has 0 bridgehead atoms. The SMILES string of the molecule is C=C(C)C(=O)O.N#CCCCCC(=O)OCCC#N. The van der Waals surface area contributed by atoms with E-state index in [1.165, 1.54) is 6.92 Å². The van der Waals surface area contributed by atoms with Gasteiger partial charge in [-0.2, -0.15) is 10.5 Å². The lowest BCUT2D eigenvalue weighted by molar-refractivity contribution is -0.143. The maximum atomic E-state index is 10.9. The van der Waals surface area contributed by atoms with Crippen molar-refractivity contribution < 1.29 is 19.4 Å². The Bertz CT molecular complexity index is 365. The zero-order chi connectivity index (χ0) is 15.1. The number of carbonyl (C=O) groups is 2. The topological polar surface area (TPSA) is 111 Å². The smallest absolute Gasteiger partial charge is 0.330 e. The van der Waals surface area contributed by atoms with E-state index in [1.807, 2.05) is 12.1 Å². The lowest BCUT2D eigenvalue weighted by Gasteiger charge is -2.00. The summed E-state index contributed by atoms with van der Waals surface area (Å²) >= 11 is 0. The van der Waals surface area contributed by atoms with Crippen LogP contribution in [0.25, 0.3) is 0 Å². The van der Waals surface area contributed by atoms with Gasteiger partial charge < -0.3 is 9.84 Å². The molecule has 0 aromatic heterocycles. The fraction of sp³-hybridized carbons (Fsp3) is 0.538. The van der Waals surface area contributed by atoms with Gasteiger partial charge in [-0.15, -0.1) is 0 Å². The Morgan fingerprint density at radius 2 is 1.74 bits per heavy atom. The third-order valence-corrected chi connectivity index (χ3v) is 1.76. The zero-order valence-corrected chi connectivity index (χ0v) is 11.0. The standard InChI is InChI=1S/C9H12N2O2.C4H6O2/c10-6-3-1-2-5-9(12)13-8-4-7-11;1-3(2)4(5)6/h1-5,8H2;1H2,2H3,(H,5,6). The molecule has 0 aromatic rings. The molecule has 104 valence electrons. The minimum Gasteiger partial charge on any atom is -0.478 e. The van der Waals surface area contributed by atoms with Crippen molar-refractivity contribution in [3.05, 3.63) is 12.2 Å². The Kier molecular flexibility index (Phi) is 13.7. The molecule has 0 aliphatic carbocycles. The van der Waals surface area contributed by atoms with Gasteiger partial charge in [0.2, 0.25) is 0 Å². The summed E-state index contributed by atoms with van der Waals surface area (Å²) < 4.78 is 4.72. The highest BCUT2D eigenvalue weighted by atomic mass is 16.5. The van der Waals surface area contributed by atoms with Crippen LogP contribution in [-0.2, 0) is 14.3 Å². The number of unbranched alkanes of at least 4 members (excludes halogenated alkanes) is 2. The maximum Gasteiger partial charge on any atom is 0.330 e. The number of carbonyl (C=O) groups excluding carboxylic acids is 1. The fourth-order valence-corrected chi connectivity index (χ4v) is 0.756. The Labute approximate surface area is 112 Å². The van der Waals surface area contributed by atoms with Gasteiger partial charge in [0, 0.05) is 18.4 Å². The van der Waals surface area contributed by atoms with Crippen molar-refractivity contribution in [3.63, 3.8) is 0 Å². The van der Waals surface area contributed by atoms with Gasteiger partial charge in [0.15, 0.2) is 0 Å². The summed E-state index contributed by atoms with van der Waals surface area (Å²) in [6, 6.07) is 3.88. The molecule has 0 amide bonds. The molecule has 0 saturated heterocycles. The van der Waals surface area contributed by atoms with E-state index in [-0.39, 0.29) is 24.6 Å². The van der Waals surface area contributed by atoms with Crippen molar-refractivity contribution in [2.24, 2.45) is 0 Å². The molecule has 6 nitrogen and oxygen atoms in total. The summed E-state index contributed by atoms with van der Waals surface area (Å²) in [5, 5.41) is 24.2. The van der Waals surface area contributed by atoms with E-state index in [9.17, 15) is 9.59 Å². The normalized spacial score (nSPS) is 8.16. The van der Waals surface area contributed by atoms with Gasteiger partial charge in [-0.25, -0.2) is 4.79 Å². The number of rotatable bonds is 7. The molecule has 0 spiro atoms. The number of carboxylic acid groups (broad SMARTS) is 1. The Morgan fingerprint density at radius 1 is 1.21 bits per heavy atom. The average Bonchev–Trinajstić information content (AvgIpc) is 2.35. The minimum absolute atomic E-state index is 0.174. The monoisotopic (exact) mass is 266 g/mol. The van der Waals surface area contributed by atoms with E-state index in [0.717, 1.165) is 6.42 Å². The number of nitrogens with zero attached hydrogens (tertiary/aromatic N) is 2. The predicted molar refractivity (Wildman–Crippen MR) is 67.7 cm³/mol. The van der Waals surface area contributed by atoms with Crippen molar-refractivity contribution in [1.82, 2.24) is 0 Å². The lowest BCUT2D eigenvalue weighted by atomic mass is 10.2. The predicted octanol–water partition coefficient (Wildman–Crippen LogP) is 2.17. The fourth-order valence-electron chi connectivity index (χ4n) is 0.756. The van der Waals surface area contributed by atoms with Gasteiger partial charge in [-0.1, -0.05) is 6.58 Å². The Balaban J connectivity index is 0. The van der Waals surface area contributed by atoms with E-state index in [2.05, 4.69) is 6.58 Å². The highest BCUT2D eigenvalue weighted by Crippen LogP contribution is 2.00. The van der Waals surface area contributed by atoms with Crippen molar-refractivity contribution in [2.75, 3.05) is 6.61 Å². The number of hydrogen-bond donors (Lipinski definition) is 1. The number of nitriles is 2. The van der Waals surface area contributed by atoms with Gasteiger partial charge in [-0.3, -0.25) is 4.79 Å². The molecule has 0 aromatic carbocycles. The first-order valence-corrected chi connectivity index (χ1v) is 5.74. The summed E-state index contributed by atoms with van der Waals surface area (Å²) in [6.45, 7) is 4.78. The van der Waals surface area contributed by atoms with Crippen LogP contribution >= 0.6 is 0 Å². The average molecular weight is 266 g/mol. The van der Waals surface area contributed by atoms with Crippen LogP contribution in [0, 0.1) is 22.7 Å². The third-order valence-electron chi connectivity index (χ3n) is 1.76. The summed E-state index contributed by atoms with van der Waals surface area (Å²) in [4.78, 5) is 20.5. The third kappa shape index (κ3) is 18.2. The van der Waals surface area contributed by atoms with Crippen LogP contribution in [0.3, 0.4) is 0 Å². The zero-order valence-electron chi connectivity index (χ0n) is 11.0. The molecular weight excluding hydrogens is 248 g/mol. The molecule has 0 atom stereocenters. The molecule has 0 aliphatic rings. The number of esters is 1. The highest BCUT2D eigenvalue weighted by molar-refractivity contribution is 5.84. The molecular formula is C13H18N2O4. The number of carboxylic acids is 1. The van der Waals surface area contributed by atoms with Crippen molar-refractivity contribution in [3.8, 4) is 12.1 Å². The molecule has 0 unspecified atom stereocenters. The number of ether oxygens (including phenoxy) is 1. The van der Waals surface area contributed by atoms with E-state index < -0.39 is 5.97 Å². The van der Waals surface area contributed by atoms with Crippen LogP contribution in [0.4, 0.5) is 0 Å². The van der Waals surface area contributed by atoms with Crippen LogP contribution < -0.4 is 0 Å². The number of hydrogen-bond acceptors (Lipinski definition) is 5. The van der Waals surface area contributed by atoms with E-state index in [1.54, 1.807) is 0 Å². The first-order chi connectivity index (χ1) is 8.95. The van der Waals surface area contributed by atoms with Gasteiger partial charge in [-0.05, 0) is 19.8 Å². The second-order valence-corrected chi connectivity index (χ2v) is 3.58. The van der Waals surface area contributed by atoms with Crippen LogP contribution in [0.2, 0.25) is 0 Å². The van der Waals surface area contributed by atoms with Crippen LogP contribution in [0.1, 0.15) is 39.0 Å². The molecule has 0 aliphatic heterocycles. The van der Waals surface area contributed by atoms with E-state index in [4.69, 9.17) is 20.4 Å². The van der Waals surface area contributed by atoms with E-state index in [0.29, 0.717) is 19.3 Å². The van der Waals surface area contributed by atoms with Crippen molar-refractivity contribution >= 4 is 11.9 Å². The Morgan fingerprint density at radius 3 is 2.16 bits per heavy atom. The molecule has 0 rings (SSSR count). The van der Waals surface area contributed by atoms with Crippen molar-refractivity contribution in [2.45, 2.75) is 39.0 Å². The summed E-state index contributed by atoms with van der Waals surface area (Å²) in [7, 11) is 0. The lowest BCUT2D eigenvalue weighted by Crippen LogP contribution is -2.04. The molecule has 6 heteroatoms. The van der Waals surface area contributed by atoms with Crippen LogP contribution in [0.15, 0.2) is 12.2 Å². The number of aliphatic carboxylic acids is 1. The van der Waals surface area contributed by atoms with Crippen molar-refractivity contribution in [1.29, 1.82) is 10.5 Å². The van der Waals surface area contributed by atoms with Crippen LogP contribution in [-0.4, -0.2) is 23.7 Å². The minimum atomic E-state index is -0.935. The molecule has 0 radical (unpaired) electrons. The first kappa shape index (κ1) is 19.0. The van der Waals surface area contributed by atoms with Gasteiger partial charge in [0.1, 0.15) is 6.61 Å². The molecule has 19 heavy (non-hydrogen) atoms. The summed E-state index contributed by atoms with van der Waals surface area (Å²) in [5.74, 6) is -1.22. The molecule has 0 saturated carbocycles. The second-order valence-electron chi connectivity index (χ2n) is 3.58. The Hall–Kier alpha value is -2.34. The van der Waals surface area contributed by atoms with Crippen LogP contribution in [0.5, 0.6) is 0 Å². The highest BCUT2D eigenvalue weighted by Gasteiger charge is 2.01. The quantitative estimate of drug-likeness (QED) is 0.429. The van der Waals surface area contributed by atoms with Gasteiger partial charge in [0.05, 0.1) is 18.6 Å². The largest absolute Gasteiger partial charge is 0.478 e. The summed E-state index contributed by atoms with van der Waals surface area (Å²) in [6.07, 6.45) is 2.46. The molecule has 0 fully saturated rings. The second kappa shape index (κ2) is 13.7. The van der Waals surface area contributed by atoms with E-state index >= 15 is 0 Å². The maximum absolute atomic E-state index is 10.9.